The van der Waals surface area contributed by atoms with Gasteiger partial charge in [-0.05, 0) is 48.4 Å². The van der Waals surface area contributed by atoms with Gasteiger partial charge in [-0.1, -0.05) is 58.5 Å². The smallest absolute Gasteiger partial charge is 0.343 e. The molecular formula is C25H18Cl4N2O5S. The fourth-order valence-electron chi connectivity index (χ4n) is 3.94. The molecule has 7 nitrogen and oxygen atoms in total. The van der Waals surface area contributed by atoms with Crippen molar-refractivity contribution in [3.8, 4) is 0 Å². The van der Waals surface area contributed by atoms with Gasteiger partial charge in [0.15, 0.2) is 0 Å². The highest BCUT2D eigenvalue weighted by molar-refractivity contribution is 7.07. The lowest BCUT2D eigenvalue weighted by Crippen LogP contribution is -2.43. The number of methoxy groups -OCH3 is 1. The second-order valence-corrected chi connectivity index (χ2v) is 10.5. The van der Waals surface area contributed by atoms with E-state index in [0.29, 0.717) is 26.2 Å². The Kier molecular flexibility index (Phi) is 8.06. The third kappa shape index (κ3) is 5.04. The lowest BCUT2D eigenvalue weighted by Gasteiger charge is -2.27. The fourth-order valence-corrected chi connectivity index (χ4v) is 6.08. The molecule has 0 saturated heterocycles. The first kappa shape index (κ1) is 27.3. The molecule has 0 spiro atoms. The van der Waals surface area contributed by atoms with Crippen LogP contribution >= 0.6 is 57.7 Å². The number of nitrogens with zero attached hydrogens (tertiary/aromatic N) is 1. The number of esters is 2. The first-order valence-corrected chi connectivity index (χ1v) is 13.0. The van der Waals surface area contributed by atoms with Gasteiger partial charge in [0.25, 0.3) is 5.56 Å². The molecule has 4 rings (SSSR count). The third-order valence-corrected chi connectivity index (χ3v) is 7.78. The molecule has 2 heterocycles. The second kappa shape index (κ2) is 10.9. The Balaban J connectivity index is 2.15. The van der Waals surface area contributed by atoms with E-state index >= 15 is 0 Å². The second-order valence-electron chi connectivity index (χ2n) is 7.74. The summed E-state index contributed by atoms with van der Waals surface area (Å²) in [6, 6.07) is 8.34. The van der Waals surface area contributed by atoms with Crippen LogP contribution in [-0.4, -0.2) is 30.2 Å². The van der Waals surface area contributed by atoms with E-state index in [9.17, 15) is 14.4 Å². The summed E-state index contributed by atoms with van der Waals surface area (Å²) in [5, 5.41) is 1.29. The number of fused-ring (bicyclic) bond motifs is 1. The van der Waals surface area contributed by atoms with E-state index in [-0.39, 0.29) is 37.7 Å². The molecule has 0 aliphatic carbocycles. The molecule has 0 bridgehead atoms. The molecule has 37 heavy (non-hydrogen) atoms. The highest BCUT2D eigenvalue weighted by Crippen LogP contribution is 2.36. The highest BCUT2D eigenvalue weighted by Gasteiger charge is 2.39. The molecule has 1 aliphatic heterocycles. The van der Waals surface area contributed by atoms with Crippen molar-refractivity contribution in [1.82, 2.24) is 4.57 Å². The number of hydrogen-bond donors (Lipinski definition) is 1. The predicted octanol–water partition coefficient (Wildman–Crippen LogP) is 4.05. The summed E-state index contributed by atoms with van der Waals surface area (Å²) in [6.45, 7) is 1.67. The van der Waals surface area contributed by atoms with Crippen molar-refractivity contribution in [1.29, 1.82) is 0 Å². The van der Waals surface area contributed by atoms with Crippen molar-refractivity contribution in [2.75, 3.05) is 13.7 Å². The van der Waals surface area contributed by atoms with Crippen molar-refractivity contribution < 1.29 is 19.1 Å². The first-order chi connectivity index (χ1) is 17.6. The molecule has 2 N–H and O–H groups in total. The largest absolute Gasteiger partial charge is 0.466 e. The van der Waals surface area contributed by atoms with Gasteiger partial charge < -0.3 is 15.2 Å². The standard InChI is InChI=1S/C25H18Cl4N2O5S/c1-3-36-25(34)19-20(30)18(24(33)35-2)21(14-7-6-13(27)10-16(14)29)31-22(32)17(37-23(19)31)8-11-4-5-12(26)9-15(11)28/h4-10,21H,3,30H2,1-2H3/b17-8+. The Morgan fingerprint density at radius 3 is 2.30 bits per heavy atom. The van der Waals surface area contributed by atoms with Crippen LogP contribution in [0.3, 0.4) is 0 Å². The summed E-state index contributed by atoms with van der Waals surface area (Å²) >= 11 is 25.9. The quantitative estimate of drug-likeness (QED) is 0.444. The van der Waals surface area contributed by atoms with Crippen LogP contribution in [-0.2, 0) is 19.1 Å². The Morgan fingerprint density at radius 2 is 1.70 bits per heavy atom. The molecule has 1 aromatic heterocycles. The highest BCUT2D eigenvalue weighted by atomic mass is 35.5. The fraction of sp³-hybridized carbons (Fsp3) is 0.160. The molecule has 0 amide bonds. The van der Waals surface area contributed by atoms with Gasteiger partial charge in [-0.3, -0.25) is 9.36 Å². The molecule has 3 aromatic rings. The van der Waals surface area contributed by atoms with Crippen LogP contribution in [0.5, 0.6) is 0 Å². The zero-order chi connectivity index (χ0) is 27.0. The lowest BCUT2D eigenvalue weighted by molar-refractivity contribution is -0.136. The van der Waals surface area contributed by atoms with E-state index < -0.39 is 23.5 Å². The van der Waals surface area contributed by atoms with E-state index in [4.69, 9.17) is 61.6 Å². The zero-order valence-electron chi connectivity index (χ0n) is 19.3. The Morgan fingerprint density at radius 1 is 1.05 bits per heavy atom. The number of carbonyl (C=O) groups is 2. The van der Waals surface area contributed by atoms with Gasteiger partial charge in [-0.25, -0.2) is 9.59 Å². The van der Waals surface area contributed by atoms with E-state index in [2.05, 4.69) is 0 Å². The van der Waals surface area contributed by atoms with Gasteiger partial charge in [0.05, 0.1) is 35.6 Å². The summed E-state index contributed by atoms with van der Waals surface area (Å²) in [6.07, 6.45) is 1.56. The number of halogens is 4. The van der Waals surface area contributed by atoms with Crippen LogP contribution in [0.1, 0.15) is 24.1 Å². The summed E-state index contributed by atoms with van der Waals surface area (Å²) in [7, 11) is 1.17. The molecule has 1 aliphatic rings. The van der Waals surface area contributed by atoms with Gasteiger partial charge in [0, 0.05) is 20.1 Å². The van der Waals surface area contributed by atoms with E-state index in [1.54, 1.807) is 43.3 Å². The van der Waals surface area contributed by atoms with Crippen molar-refractivity contribution >= 4 is 81.3 Å². The van der Waals surface area contributed by atoms with Crippen molar-refractivity contribution in [2.24, 2.45) is 5.73 Å². The van der Waals surface area contributed by atoms with E-state index in [0.717, 1.165) is 11.3 Å². The Bertz CT molecular complexity index is 1660. The number of carbonyl (C=O) groups excluding carboxylic acids is 2. The van der Waals surface area contributed by atoms with Crippen molar-refractivity contribution in [3.05, 3.63) is 98.4 Å². The monoisotopic (exact) mass is 598 g/mol. The van der Waals surface area contributed by atoms with Crippen LogP contribution in [0.25, 0.3) is 11.6 Å². The summed E-state index contributed by atoms with van der Waals surface area (Å²) in [5.41, 5.74) is 6.33. The molecule has 192 valence electrons. The average Bonchev–Trinajstić information content (AvgIpc) is 3.15. The van der Waals surface area contributed by atoms with Gasteiger partial charge in [0.2, 0.25) is 0 Å². The molecule has 1 unspecified atom stereocenters. The maximum Gasteiger partial charge on any atom is 0.343 e. The third-order valence-electron chi connectivity index (χ3n) is 5.55. The minimum atomic E-state index is -1.11. The van der Waals surface area contributed by atoms with Crippen LogP contribution in [0.15, 0.2) is 52.5 Å². The number of benzene rings is 2. The summed E-state index contributed by atoms with van der Waals surface area (Å²) in [5.74, 6) is -1.64. The molecule has 12 heteroatoms. The zero-order valence-corrected chi connectivity index (χ0v) is 23.2. The van der Waals surface area contributed by atoms with Crippen LogP contribution in [0, 0.1) is 0 Å². The molecule has 0 radical (unpaired) electrons. The molecular weight excluding hydrogens is 582 g/mol. The lowest BCUT2D eigenvalue weighted by atomic mass is 9.92. The molecule has 0 fully saturated rings. The van der Waals surface area contributed by atoms with Gasteiger partial charge in [-0.15, -0.1) is 11.3 Å². The van der Waals surface area contributed by atoms with E-state index in [1.807, 2.05) is 0 Å². The van der Waals surface area contributed by atoms with Gasteiger partial charge in [0.1, 0.15) is 10.2 Å². The summed E-state index contributed by atoms with van der Waals surface area (Å²) in [4.78, 5) is 39.9. The van der Waals surface area contributed by atoms with Crippen molar-refractivity contribution in [3.63, 3.8) is 0 Å². The van der Waals surface area contributed by atoms with E-state index in [1.165, 1.54) is 17.7 Å². The first-order valence-electron chi connectivity index (χ1n) is 10.7. The van der Waals surface area contributed by atoms with Crippen molar-refractivity contribution in [2.45, 2.75) is 13.0 Å². The van der Waals surface area contributed by atoms with Crippen LogP contribution in [0.2, 0.25) is 20.1 Å². The number of aromatic nitrogens is 1. The topological polar surface area (TPSA) is 101 Å². The van der Waals surface area contributed by atoms with Gasteiger partial charge in [-0.2, -0.15) is 0 Å². The SMILES string of the molecule is CCOC(=O)C1=c2s/c(=C/c3ccc(Cl)cc3Cl)c(=O)n2C(c2ccc(Cl)cc2Cl)C(C(=O)OC)=C1N. The number of nitrogens with two attached hydrogens (primary N) is 1. The Hall–Kier alpha value is -2.75. The Labute approximate surface area is 234 Å². The number of thiazole rings is 1. The molecule has 2 aromatic carbocycles. The number of rotatable bonds is 5. The minimum Gasteiger partial charge on any atom is -0.466 e. The maximum absolute atomic E-state index is 13.9. The molecule has 1 atom stereocenters. The summed E-state index contributed by atoms with van der Waals surface area (Å²) < 4.78 is 11.9. The minimum absolute atomic E-state index is 0.0462. The van der Waals surface area contributed by atoms with Crippen LogP contribution in [0.4, 0.5) is 0 Å². The maximum atomic E-state index is 13.9. The van der Waals surface area contributed by atoms with Gasteiger partial charge >= 0.3 is 11.9 Å². The number of ether oxygens (including phenoxy) is 2. The normalized spacial score (nSPS) is 15.6. The average molecular weight is 600 g/mol. The predicted molar refractivity (Wildman–Crippen MR) is 146 cm³/mol. The number of hydrogen-bond acceptors (Lipinski definition) is 7. The molecule has 0 saturated carbocycles. The van der Waals surface area contributed by atoms with Crippen LogP contribution < -0.4 is 20.5 Å².